The van der Waals surface area contributed by atoms with Crippen molar-refractivity contribution >= 4 is 52.4 Å². The number of alkyl halides is 3. The minimum Gasteiger partial charge on any atom is -0.492 e. The van der Waals surface area contributed by atoms with Crippen molar-refractivity contribution in [2.24, 2.45) is 0 Å². The number of hydrogen-bond donors (Lipinski definition) is 1. The molecule has 1 N–H and O–H groups in total. The molecule has 1 amide bonds. The number of aliphatic carboxylic acids is 1. The Morgan fingerprint density at radius 2 is 1.95 bits per heavy atom. The number of aromatic nitrogens is 2. The Morgan fingerprint density at radius 3 is 2.65 bits per heavy atom. The Bertz CT molecular complexity index is 1390. The first-order chi connectivity index (χ1) is 20.1. The van der Waals surface area contributed by atoms with E-state index in [0.717, 1.165) is 43.1 Å². The number of carboxylic acids is 1. The van der Waals surface area contributed by atoms with Gasteiger partial charge in [0.1, 0.15) is 17.4 Å². The maximum absolute atomic E-state index is 14.1. The van der Waals surface area contributed by atoms with Crippen LogP contribution in [0.1, 0.15) is 61.4 Å². The molecule has 1 aliphatic heterocycles. The average Bonchev–Trinajstić information content (AvgIpc) is 3.43. The molecule has 8 nitrogen and oxygen atoms in total. The van der Waals surface area contributed by atoms with Crippen molar-refractivity contribution in [3.05, 3.63) is 58.6 Å². The van der Waals surface area contributed by atoms with E-state index in [4.69, 9.17) is 16.3 Å². The summed E-state index contributed by atoms with van der Waals surface area (Å²) in [6.45, 7) is 3.31. The van der Waals surface area contributed by atoms with Crippen LogP contribution in [0.5, 0.6) is 5.75 Å². The minimum absolute atomic E-state index is 0. The van der Waals surface area contributed by atoms with Crippen LogP contribution >= 0.6 is 35.3 Å². The van der Waals surface area contributed by atoms with Crippen LogP contribution in [0, 0.1) is 0 Å². The summed E-state index contributed by atoms with van der Waals surface area (Å²) in [4.78, 5) is 27.9. The van der Waals surface area contributed by atoms with Crippen LogP contribution in [0.25, 0.3) is 10.6 Å². The van der Waals surface area contributed by atoms with Crippen LogP contribution in [-0.2, 0) is 11.0 Å². The van der Waals surface area contributed by atoms with Crippen molar-refractivity contribution in [3.63, 3.8) is 0 Å². The van der Waals surface area contributed by atoms with Crippen LogP contribution in [0.3, 0.4) is 0 Å². The molecule has 1 unspecified atom stereocenters. The molecule has 0 spiro atoms. The van der Waals surface area contributed by atoms with Gasteiger partial charge in [0, 0.05) is 24.7 Å². The number of piperidine rings is 1. The van der Waals surface area contributed by atoms with Crippen molar-refractivity contribution in [1.29, 1.82) is 0 Å². The highest BCUT2D eigenvalue weighted by atomic mass is 35.5. The van der Waals surface area contributed by atoms with E-state index in [0.29, 0.717) is 31.6 Å². The number of benzene rings is 2. The summed E-state index contributed by atoms with van der Waals surface area (Å²) < 4.78 is 47.8. The third-order valence-electron chi connectivity index (χ3n) is 7.06. The third-order valence-corrected chi connectivity index (χ3v) is 8.38. The van der Waals surface area contributed by atoms with Gasteiger partial charge in [0.05, 0.1) is 22.6 Å². The molecule has 234 valence electrons. The van der Waals surface area contributed by atoms with Crippen molar-refractivity contribution in [2.75, 3.05) is 31.1 Å². The number of anilines is 1. The molecule has 43 heavy (non-hydrogen) atoms. The number of likely N-dealkylation sites (tertiary alicyclic amines) is 1. The van der Waals surface area contributed by atoms with Crippen LogP contribution in [0.4, 0.5) is 18.3 Å². The van der Waals surface area contributed by atoms with E-state index in [1.54, 1.807) is 24.3 Å². The van der Waals surface area contributed by atoms with Crippen molar-refractivity contribution in [1.82, 2.24) is 15.1 Å². The van der Waals surface area contributed by atoms with Gasteiger partial charge in [0.25, 0.3) is 5.91 Å². The first-order valence-electron chi connectivity index (χ1n) is 13.8. The molecule has 2 aromatic carbocycles. The van der Waals surface area contributed by atoms with E-state index < -0.39 is 17.7 Å². The van der Waals surface area contributed by atoms with Gasteiger partial charge in [-0.3, -0.25) is 19.4 Å². The molecular formula is C29H33Cl2F3N4O4S. The standard InChI is InChI=1S/C29H32ClF3N4O4S.ClH/c1-2-3-14-37(27(40)21-9-4-5-10-23(21)30)28-35-34-26(42-28)19-11-12-24(22(17-19)29(31,32)33)41-16-15-36-13-7-6-8-20(36)18-25(38)39;/h4-5,9-12,17,20H,2-3,6-8,13-16,18H2,1H3,(H,38,39);1H. The van der Waals surface area contributed by atoms with Gasteiger partial charge in [0.15, 0.2) is 0 Å². The molecule has 1 saturated heterocycles. The van der Waals surface area contributed by atoms with Gasteiger partial charge in [-0.1, -0.05) is 54.8 Å². The summed E-state index contributed by atoms with van der Waals surface area (Å²) in [5, 5.41) is 18.2. The predicted octanol–water partition coefficient (Wildman–Crippen LogP) is 7.45. The average molecular weight is 662 g/mol. The number of nitrogens with zero attached hydrogens (tertiary/aromatic N) is 4. The summed E-state index contributed by atoms with van der Waals surface area (Å²) in [5.41, 5.74) is -0.462. The number of rotatable bonds is 12. The lowest BCUT2D eigenvalue weighted by Gasteiger charge is -2.34. The fourth-order valence-corrected chi connectivity index (χ4v) is 5.97. The summed E-state index contributed by atoms with van der Waals surface area (Å²) in [5.74, 6) is -1.58. The molecule has 4 rings (SSSR count). The van der Waals surface area contributed by atoms with E-state index in [1.165, 1.54) is 17.0 Å². The lowest BCUT2D eigenvalue weighted by atomic mass is 9.99. The largest absolute Gasteiger partial charge is 0.492 e. The Kier molecular flexibility index (Phi) is 12.6. The maximum Gasteiger partial charge on any atom is 0.419 e. The van der Waals surface area contributed by atoms with Gasteiger partial charge in [0.2, 0.25) is 5.13 Å². The zero-order chi connectivity index (χ0) is 30.3. The SMILES string of the molecule is CCCCN(C(=O)c1ccccc1Cl)c1nnc(-c2ccc(OCCN3CCCCC3CC(=O)O)c(C(F)(F)F)c2)s1.Cl. The number of carboxylic acid groups (broad SMARTS) is 1. The zero-order valence-corrected chi connectivity index (χ0v) is 25.9. The monoisotopic (exact) mass is 660 g/mol. The van der Waals surface area contributed by atoms with Gasteiger partial charge < -0.3 is 9.84 Å². The zero-order valence-electron chi connectivity index (χ0n) is 23.5. The lowest BCUT2D eigenvalue weighted by Crippen LogP contribution is -2.42. The van der Waals surface area contributed by atoms with Gasteiger partial charge in [-0.15, -0.1) is 22.6 Å². The third kappa shape index (κ3) is 9.04. The predicted molar refractivity (Wildman–Crippen MR) is 163 cm³/mol. The van der Waals surface area contributed by atoms with Crippen LogP contribution in [-0.4, -0.2) is 64.4 Å². The van der Waals surface area contributed by atoms with Crippen molar-refractivity contribution in [2.45, 2.75) is 57.7 Å². The van der Waals surface area contributed by atoms with Crippen molar-refractivity contribution < 1.29 is 32.6 Å². The second-order valence-electron chi connectivity index (χ2n) is 10.0. The highest BCUT2D eigenvalue weighted by molar-refractivity contribution is 7.18. The Labute approximate surface area is 263 Å². The normalized spacial score (nSPS) is 15.5. The quantitative estimate of drug-likeness (QED) is 0.215. The number of hydrogen-bond acceptors (Lipinski definition) is 7. The number of carbonyl (C=O) groups excluding carboxylic acids is 1. The minimum atomic E-state index is -4.69. The van der Waals surface area contributed by atoms with E-state index in [2.05, 4.69) is 10.2 Å². The van der Waals surface area contributed by atoms with Crippen LogP contribution in [0.15, 0.2) is 42.5 Å². The number of carbonyl (C=O) groups is 2. The van der Waals surface area contributed by atoms with E-state index in [-0.39, 0.29) is 63.9 Å². The summed E-state index contributed by atoms with van der Waals surface area (Å²) in [7, 11) is 0. The van der Waals surface area contributed by atoms with Gasteiger partial charge >= 0.3 is 12.1 Å². The number of ether oxygens (including phenoxy) is 1. The maximum atomic E-state index is 14.1. The second kappa shape index (κ2) is 15.7. The number of halogens is 5. The molecule has 0 bridgehead atoms. The van der Waals surface area contributed by atoms with Crippen LogP contribution < -0.4 is 9.64 Å². The van der Waals surface area contributed by atoms with E-state index >= 15 is 0 Å². The molecule has 2 heterocycles. The molecule has 3 aromatic rings. The molecular weight excluding hydrogens is 628 g/mol. The van der Waals surface area contributed by atoms with Gasteiger partial charge in [-0.2, -0.15) is 13.2 Å². The Balaban J connectivity index is 0.00000506. The molecule has 0 saturated carbocycles. The highest BCUT2D eigenvalue weighted by Crippen LogP contribution is 2.40. The van der Waals surface area contributed by atoms with Gasteiger partial charge in [-0.05, 0) is 56.1 Å². The molecule has 1 aromatic heterocycles. The van der Waals surface area contributed by atoms with E-state index in [1.807, 2.05) is 11.8 Å². The summed E-state index contributed by atoms with van der Waals surface area (Å²) in [6.07, 6.45) is -0.640. The number of amides is 1. The fourth-order valence-electron chi connectivity index (χ4n) is 4.89. The topological polar surface area (TPSA) is 95.9 Å². The molecule has 1 fully saturated rings. The van der Waals surface area contributed by atoms with Crippen molar-refractivity contribution in [3.8, 4) is 16.3 Å². The van der Waals surface area contributed by atoms with E-state index in [9.17, 15) is 27.9 Å². The lowest BCUT2D eigenvalue weighted by molar-refractivity contribution is -0.140. The first-order valence-corrected chi connectivity index (χ1v) is 15.0. The summed E-state index contributed by atoms with van der Waals surface area (Å²) in [6, 6.07) is 10.2. The van der Waals surface area contributed by atoms with Crippen LogP contribution in [0.2, 0.25) is 5.02 Å². The molecule has 0 radical (unpaired) electrons. The second-order valence-corrected chi connectivity index (χ2v) is 11.4. The first kappa shape index (κ1) is 34.6. The molecule has 1 aliphatic rings. The van der Waals surface area contributed by atoms with Gasteiger partial charge in [-0.25, -0.2) is 0 Å². The molecule has 1 atom stereocenters. The Morgan fingerprint density at radius 1 is 1.19 bits per heavy atom. The smallest absolute Gasteiger partial charge is 0.419 e. The Hall–Kier alpha value is -2.93. The molecule has 14 heteroatoms. The fraction of sp³-hybridized carbons (Fsp3) is 0.448. The number of unbranched alkanes of at least 4 members (excludes halogenated alkanes) is 1. The summed E-state index contributed by atoms with van der Waals surface area (Å²) >= 11 is 7.26. The molecule has 0 aliphatic carbocycles. The highest BCUT2D eigenvalue weighted by Gasteiger charge is 2.35.